The van der Waals surface area contributed by atoms with Crippen LogP contribution in [0.2, 0.25) is 0 Å². The van der Waals surface area contributed by atoms with Crippen molar-refractivity contribution in [2.45, 2.75) is 25.8 Å². The van der Waals surface area contributed by atoms with Crippen molar-refractivity contribution in [3.63, 3.8) is 0 Å². The third-order valence-electron chi connectivity index (χ3n) is 3.59. The Labute approximate surface area is 149 Å². The quantitative estimate of drug-likeness (QED) is 0.700. The van der Waals surface area contributed by atoms with E-state index in [2.05, 4.69) is 10.1 Å². The molecule has 0 heterocycles. The van der Waals surface area contributed by atoms with Gasteiger partial charge in [0.1, 0.15) is 5.75 Å². The van der Waals surface area contributed by atoms with Crippen LogP contribution in [-0.4, -0.2) is 25.4 Å². The average Bonchev–Trinajstić information content (AvgIpc) is 2.61. The third kappa shape index (κ3) is 6.76. The Hall–Kier alpha value is -2.54. The second kappa shape index (κ2) is 9.24. The molecule has 1 unspecified atom stereocenters. The molecule has 0 aliphatic heterocycles. The number of halogens is 3. The maximum atomic E-state index is 12.1. The average molecular weight is 367 g/mol. The lowest BCUT2D eigenvalue weighted by Crippen LogP contribution is -2.25. The van der Waals surface area contributed by atoms with Crippen LogP contribution in [0.3, 0.4) is 0 Å². The maximum absolute atomic E-state index is 12.1. The number of carbonyl (C=O) groups excluding carboxylic acids is 1. The number of hydrogen-bond donors (Lipinski definition) is 1. The van der Waals surface area contributed by atoms with E-state index in [1.165, 1.54) is 12.1 Å². The molecule has 26 heavy (non-hydrogen) atoms. The molecular formula is C19H20F3NO3. The van der Waals surface area contributed by atoms with Gasteiger partial charge in [0.25, 0.3) is 5.91 Å². The first-order valence-electron chi connectivity index (χ1n) is 8.16. The van der Waals surface area contributed by atoms with Gasteiger partial charge in [0, 0.05) is 18.7 Å². The molecule has 0 spiro atoms. The van der Waals surface area contributed by atoms with Crippen LogP contribution in [0.25, 0.3) is 0 Å². The lowest BCUT2D eigenvalue weighted by molar-refractivity contribution is -0.274. The first kappa shape index (κ1) is 19.8. The van der Waals surface area contributed by atoms with Gasteiger partial charge in [-0.15, -0.1) is 13.2 Å². The van der Waals surface area contributed by atoms with Crippen LogP contribution in [0.15, 0.2) is 54.6 Å². The van der Waals surface area contributed by atoms with Gasteiger partial charge in [-0.3, -0.25) is 4.79 Å². The van der Waals surface area contributed by atoms with E-state index in [0.717, 1.165) is 17.7 Å². The van der Waals surface area contributed by atoms with Gasteiger partial charge in [0.2, 0.25) is 0 Å². The summed E-state index contributed by atoms with van der Waals surface area (Å²) in [7, 11) is 0. The van der Waals surface area contributed by atoms with E-state index in [9.17, 15) is 18.0 Å². The molecule has 0 aromatic heterocycles. The fraction of sp³-hybridized carbons (Fsp3) is 0.316. The molecule has 0 radical (unpaired) electrons. The fourth-order valence-electron chi connectivity index (χ4n) is 2.26. The minimum absolute atomic E-state index is 0.0342. The minimum atomic E-state index is -4.75. The minimum Gasteiger partial charge on any atom is -0.406 e. The summed E-state index contributed by atoms with van der Waals surface area (Å²) in [6, 6.07) is 14.6. The monoisotopic (exact) mass is 367 g/mol. The topological polar surface area (TPSA) is 47.6 Å². The largest absolute Gasteiger partial charge is 0.573 e. The molecule has 0 saturated carbocycles. The van der Waals surface area contributed by atoms with Crippen LogP contribution in [0, 0.1) is 0 Å². The maximum Gasteiger partial charge on any atom is 0.573 e. The lowest BCUT2D eigenvalue weighted by Gasteiger charge is -2.13. The van der Waals surface area contributed by atoms with Crippen LogP contribution in [0.4, 0.5) is 13.2 Å². The molecule has 2 aromatic carbocycles. The zero-order valence-corrected chi connectivity index (χ0v) is 14.3. The molecule has 1 amide bonds. The van der Waals surface area contributed by atoms with E-state index >= 15 is 0 Å². The second-order valence-corrected chi connectivity index (χ2v) is 5.61. The van der Waals surface area contributed by atoms with Crippen molar-refractivity contribution in [1.29, 1.82) is 0 Å². The van der Waals surface area contributed by atoms with E-state index in [-0.39, 0.29) is 23.3 Å². The summed E-state index contributed by atoms with van der Waals surface area (Å²) >= 11 is 0. The SMILES string of the molecule is CC(OCCCNC(=O)c1ccc(OC(F)(F)F)cc1)c1ccccc1. The Morgan fingerprint density at radius 3 is 2.35 bits per heavy atom. The molecule has 2 aromatic rings. The highest BCUT2D eigenvalue weighted by molar-refractivity contribution is 5.94. The molecular weight excluding hydrogens is 347 g/mol. The highest BCUT2D eigenvalue weighted by atomic mass is 19.4. The predicted octanol–water partition coefficient (Wildman–Crippen LogP) is 4.48. The van der Waals surface area contributed by atoms with E-state index in [1.807, 2.05) is 37.3 Å². The van der Waals surface area contributed by atoms with Crippen molar-refractivity contribution >= 4 is 5.91 Å². The Balaban J connectivity index is 1.68. The number of nitrogens with one attached hydrogen (secondary N) is 1. The van der Waals surface area contributed by atoms with Crippen molar-refractivity contribution < 1.29 is 27.4 Å². The van der Waals surface area contributed by atoms with Crippen molar-refractivity contribution in [2.24, 2.45) is 0 Å². The van der Waals surface area contributed by atoms with Gasteiger partial charge in [0.05, 0.1) is 6.10 Å². The zero-order valence-electron chi connectivity index (χ0n) is 14.3. The standard InChI is InChI=1S/C19H20F3NO3/c1-14(15-6-3-2-4-7-15)25-13-5-12-23-18(24)16-8-10-17(11-9-16)26-19(20,21)22/h2-4,6-11,14H,5,12-13H2,1H3,(H,23,24). The predicted molar refractivity (Wildman–Crippen MR) is 90.9 cm³/mol. The number of benzene rings is 2. The summed E-state index contributed by atoms with van der Waals surface area (Å²) in [5, 5.41) is 2.70. The Bertz CT molecular complexity index is 687. The van der Waals surface area contributed by atoms with Crippen LogP contribution >= 0.6 is 0 Å². The lowest BCUT2D eigenvalue weighted by atomic mass is 10.1. The number of alkyl halides is 3. The Morgan fingerprint density at radius 1 is 1.08 bits per heavy atom. The normalized spacial score (nSPS) is 12.5. The highest BCUT2D eigenvalue weighted by Gasteiger charge is 2.31. The zero-order chi connectivity index (χ0) is 19.0. The first-order valence-corrected chi connectivity index (χ1v) is 8.16. The molecule has 1 atom stereocenters. The van der Waals surface area contributed by atoms with Crippen molar-refractivity contribution in [2.75, 3.05) is 13.2 Å². The van der Waals surface area contributed by atoms with Crippen LogP contribution in [0.5, 0.6) is 5.75 Å². The molecule has 0 saturated heterocycles. The summed E-state index contributed by atoms with van der Waals surface area (Å²) < 4.78 is 45.7. The van der Waals surface area contributed by atoms with Gasteiger partial charge in [-0.25, -0.2) is 0 Å². The smallest absolute Gasteiger partial charge is 0.406 e. The van der Waals surface area contributed by atoms with Crippen LogP contribution < -0.4 is 10.1 Å². The van der Waals surface area contributed by atoms with Crippen molar-refractivity contribution in [3.05, 3.63) is 65.7 Å². The summed E-state index contributed by atoms with van der Waals surface area (Å²) in [5.41, 5.74) is 1.34. The molecule has 2 rings (SSSR count). The Morgan fingerprint density at radius 2 is 1.73 bits per heavy atom. The molecule has 7 heteroatoms. The van der Waals surface area contributed by atoms with Crippen molar-refractivity contribution in [3.8, 4) is 5.75 Å². The number of hydrogen-bond acceptors (Lipinski definition) is 3. The van der Waals surface area contributed by atoms with Gasteiger partial charge in [-0.2, -0.15) is 0 Å². The highest BCUT2D eigenvalue weighted by Crippen LogP contribution is 2.22. The van der Waals surface area contributed by atoms with E-state index in [4.69, 9.17) is 4.74 Å². The van der Waals surface area contributed by atoms with E-state index in [0.29, 0.717) is 19.6 Å². The second-order valence-electron chi connectivity index (χ2n) is 5.61. The van der Waals surface area contributed by atoms with Gasteiger partial charge in [-0.1, -0.05) is 30.3 Å². The number of rotatable bonds is 8. The Kier molecular flexibility index (Phi) is 7.03. The molecule has 0 aliphatic rings. The summed E-state index contributed by atoms with van der Waals surface area (Å²) in [5.74, 6) is -0.725. The number of amides is 1. The molecule has 1 N–H and O–H groups in total. The number of carbonyl (C=O) groups is 1. The van der Waals surface area contributed by atoms with E-state index in [1.54, 1.807) is 0 Å². The molecule has 0 bridgehead atoms. The van der Waals surface area contributed by atoms with Gasteiger partial charge in [-0.05, 0) is 43.2 Å². The molecule has 0 aliphatic carbocycles. The van der Waals surface area contributed by atoms with Gasteiger partial charge >= 0.3 is 6.36 Å². The van der Waals surface area contributed by atoms with E-state index < -0.39 is 6.36 Å². The number of ether oxygens (including phenoxy) is 2. The first-order chi connectivity index (χ1) is 12.3. The van der Waals surface area contributed by atoms with Crippen LogP contribution in [-0.2, 0) is 4.74 Å². The third-order valence-corrected chi connectivity index (χ3v) is 3.59. The van der Waals surface area contributed by atoms with Crippen LogP contribution in [0.1, 0.15) is 35.4 Å². The molecule has 4 nitrogen and oxygen atoms in total. The fourth-order valence-corrected chi connectivity index (χ4v) is 2.26. The van der Waals surface area contributed by atoms with Crippen molar-refractivity contribution in [1.82, 2.24) is 5.32 Å². The molecule has 0 fully saturated rings. The summed E-state index contributed by atoms with van der Waals surface area (Å²) in [6.45, 7) is 2.84. The summed E-state index contributed by atoms with van der Waals surface area (Å²) in [6.07, 6.45) is -4.16. The van der Waals surface area contributed by atoms with Gasteiger partial charge < -0.3 is 14.8 Å². The summed E-state index contributed by atoms with van der Waals surface area (Å²) in [4.78, 5) is 11.9. The van der Waals surface area contributed by atoms with Gasteiger partial charge in [0.15, 0.2) is 0 Å². The molecule has 140 valence electrons.